The number of anilines is 2. The molecular formula is C68H100N16O7. The molecule has 9 rings (SSSR count). The molecule has 0 radical (unpaired) electrons. The van der Waals surface area contributed by atoms with Gasteiger partial charge in [0.1, 0.15) is 23.8 Å². The van der Waals surface area contributed by atoms with Gasteiger partial charge in [-0.2, -0.15) is 39.2 Å². The van der Waals surface area contributed by atoms with Crippen molar-refractivity contribution in [1.82, 2.24) is 69.0 Å². The highest BCUT2D eigenvalue weighted by Crippen LogP contribution is 2.27. The summed E-state index contributed by atoms with van der Waals surface area (Å²) in [5.74, 6) is 1.33. The number of likely N-dealkylation sites (tertiary alicyclic amines) is 2. The number of hydrogen-bond donors (Lipinski definition) is 4. The number of benzene rings is 2. The van der Waals surface area contributed by atoms with Crippen molar-refractivity contribution in [2.75, 3.05) is 118 Å². The second-order valence-electron chi connectivity index (χ2n) is 25.4. The van der Waals surface area contributed by atoms with Crippen LogP contribution in [-0.2, 0) is 45.1 Å². The molecular weight excluding hydrogens is 1150 g/mol. The molecule has 3 saturated heterocycles. The van der Waals surface area contributed by atoms with Crippen molar-refractivity contribution in [3.05, 3.63) is 119 Å². The van der Waals surface area contributed by atoms with E-state index < -0.39 is 5.97 Å². The Balaban J connectivity index is 0.000000230. The summed E-state index contributed by atoms with van der Waals surface area (Å²) < 4.78 is 16.0. The number of likely N-dealkylation sites (N-methyl/N-ethyl adjacent to an activating group) is 2. The van der Waals surface area contributed by atoms with Crippen molar-refractivity contribution in [3.63, 3.8) is 0 Å². The van der Waals surface area contributed by atoms with Crippen molar-refractivity contribution in [2.45, 2.75) is 136 Å². The van der Waals surface area contributed by atoms with E-state index in [0.717, 1.165) is 135 Å². The first kappa shape index (κ1) is 70.8. The third-order valence-corrected chi connectivity index (χ3v) is 16.2. The van der Waals surface area contributed by atoms with E-state index in [1.54, 1.807) is 26.1 Å². The number of piperidine rings is 3. The number of nitrogens with zero attached hydrogens (tertiary/aromatic N) is 13. The van der Waals surface area contributed by atoms with E-state index in [0.29, 0.717) is 88.2 Å². The first-order valence-electron chi connectivity index (χ1n) is 32.5. The van der Waals surface area contributed by atoms with Gasteiger partial charge in [-0.3, -0.25) is 14.4 Å². The normalized spacial score (nSPS) is 16.2. The number of carboxylic acids is 1. The van der Waals surface area contributed by atoms with Gasteiger partial charge in [0.15, 0.2) is 11.3 Å². The Morgan fingerprint density at radius 3 is 1.60 bits per heavy atom. The fourth-order valence-electron chi connectivity index (χ4n) is 10.9. The smallest absolute Gasteiger partial charge is 0.328 e. The van der Waals surface area contributed by atoms with Gasteiger partial charge < -0.3 is 55.0 Å². The largest absolute Gasteiger partial charge is 0.478 e. The molecule has 3 fully saturated rings. The molecule has 1 unspecified atom stereocenters. The van der Waals surface area contributed by atoms with Gasteiger partial charge in [0.05, 0.1) is 12.4 Å². The zero-order valence-corrected chi connectivity index (χ0v) is 55.7. The van der Waals surface area contributed by atoms with Gasteiger partial charge in [0.25, 0.3) is 0 Å². The molecule has 91 heavy (non-hydrogen) atoms. The van der Waals surface area contributed by atoms with Crippen LogP contribution in [-0.4, -0.2) is 212 Å². The summed E-state index contributed by atoms with van der Waals surface area (Å²) in [7, 11) is 11.9. The Morgan fingerprint density at radius 1 is 0.670 bits per heavy atom. The van der Waals surface area contributed by atoms with Crippen LogP contribution in [0.15, 0.2) is 85.2 Å². The number of aliphatic carboxylic acids is 1. The number of carbonyl (C=O) groups is 4. The van der Waals surface area contributed by atoms with Crippen LogP contribution in [0, 0.1) is 5.92 Å². The van der Waals surface area contributed by atoms with E-state index in [9.17, 15) is 19.2 Å². The van der Waals surface area contributed by atoms with Crippen molar-refractivity contribution in [2.24, 2.45) is 5.92 Å². The molecule has 4 N–H and O–H groups in total. The minimum Gasteiger partial charge on any atom is -0.478 e. The quantitative estimate of drug-likeness (QED) is 0.0342. The fourth-order valence-corrected chi connectivity index (χ4v) is 10.9. The van der Waals surface area contributed by atoms with Gasteiger partial charge in [-0.1, -0.05) is 95.3 Å². The monoisotopic (exact) mass is 1250 g/mol. The van der Waals surface area contributed by atoms with E-state index in [1.165, 1.54) is 0 Å². The van der Waals surface area contributed by atoms with Gasteiger partial charge in [-0.05, 0) is 128 Å². The summed E-state index contributed by atoms with van der Waals surface area (Å²) in [5, 5.41) is 27.5. The predicted octanol–water partition coefficient (Wildman–Crippen LogP) is 7.82. The van der Waals surface area contributed by atoms with E-state index in [1.807, 2.05) is 99.8 Å². The van der Waals surface area contributed by atoms with Crippen molar-refractivity contribution >= 4 is 46.6 Å². The maximum Gasteiger partial charge on any atom is 0.328 e. The highest BCUT2D eigenvalue weighted by atomic mass is 16.5. The number of ketones is 2. The van der Waals surface area contributed by atoms with Crippen LogP contribution >= 0.6 is 0 Å². The van der Waals surface area contributed by atoms with Crippen LogP contribution < -0.4 is 25.4 Å². The molecule has 0 spiro atoms. The maximum absolute atomic E-state index is 12.9. The number of fused-ring (bicyclic) bond motifs is 2. The number of nitrogens with one attached hydrogen (secondary N) is 3. The third-order valence-electron chi connectivity index (χ3n) is 16.2. The predicted molar refractivity (Wildman–Crippen MR) is 357 cm³/mol. The second-order valence-corrected chi connectivity index (χ2v) is 25.4. The van der Waals surface area contributed by atoms with Crippen LogP contribution in [0.5, 0.6) is 12.0 Å². The van der Waals surface area contributed by atoms with Crippen LogP contribution in [0.2, 0.25) is 0 Å². The van der Waals surface area contributed by atoms with Gasteiger partial charge in [-0.15, -0.1) is 0 Å². The van der Waals surface area contributed by atoms with E-state index in [-0.39, 0.29) is 41.7 Å². The fraction of sp³-hybridized carbons (Fsp3) is 0.559. The lowest BCUT2D eigenvalue weighted by Gasteiger charge is -2.28. The summed E-state index contributed by atoms with van der Waals surface area (Å²) in [4.78, 5) is 77.4. The van der Waals surface area contributed by atoms with Crippen LogP contribution in [0.1, 0.15) is 131 Å². The Bertz CT molecular complexity index is 3340. The van der Waals surface area contributed by atoms with Crippen molar-refractivity contribution in [3.8, 4) is 12.0 Å². The van der Waals surface area contributed by atoms with E-state index >= 15 is 0 Å². The molecule has 0 saturated carbocycles. The number of rotatable bonds is 28. The van der Waals surface area contributed by atoms with Gasteiger partial charge in [0, 0.05) is 120 Å². The maximum atomic E-state index is 12.9. The number of ether oxygens (including phenoxy) is 2. The molecule has 2 aromatic carbocycles. The topological polar surface area (TPSA) is 245 Å². The first-order chi connectivity index (χ1) is 43.7. The summed E-state index contributed by atoms with van der Waals surface area (Å²) >= 11 is 0. The SMILES string of the molecule is CC(C)c1cnn2c(NCc3cccc(CC(=O)C4CCCNC4)c3)nc(OC3CCN(C)CC3)nc12.CCCN(CCC(=O)Cc1cccc(CNc2nc(OC3CCN(C)CC3)nc3c(C(C)C)cnn23)c1)C(=O)/C=C/CN(C)C.CN(C)C/C=C/C(=O)O. The zero-order chi connectivity index (χ0) is 65.4. The molecule has 0 aliphatic carbocycles. The third kappa shape index (κ3) is 22.9. The molecule has 1 atom stereocenters. The standard InChI is InChI=1S/C34H50N8O3.C28H39N7O2.C6H11NO2/c1-7-16-41(31(44)12-9-17-39(4)5)20-13-28(43)22-26-10-8-11-27(21-26)23-35-33-38-34(45-29-14-18-40(6)19-15-29)37-32-30(25(2)3)24-36-42(32)33;1-19(2)24-18-31-35-26(24)32-28(37-23-9-12-34(3)13-10-23)33-27(35)30-16-21-7-4-6-20(14-21)15-25(36)22-8-5-11-29-17-22;1-7(2)5-3-4-6(8)9/h8-12,21,24-25,29H,7,13-20,22-23H2,1-6H3,(H,35,37,38);4,6-7,14,18-19,22-23,29H,5,8-13,15-17H2,1-3H3,(H,30,32,33);3-4H,5H2,1-2H3,(H,8,9)/b12-9+;;4-3+. The summed E-state index contributed by atoms with van der Waals surface area (Å²) in [6.07, 6.45) is 18.0. The molecule has 7 heterocycles. The Morgan fingerprint density at radius 2 is 1.15 bits per heavy atom. The molecule has 494 valence electrons. The summed E-state index contributed by atoms with van der Waals surface area (Å²) in [5.41, 5.74) is 7.73. The van der Waals surface area contributed by atoms with Crippen LogP contribution in [0.25, 0.3) is 11.3 Å². The molecule has 3 aliphatic rings. The highest BCUT2D eigenvalue weighted by molar-refractivity contribution is 5.88. The molecule has 23 nitrogen and oxygen atoms in total. The number of Topliss-reactive ketones (excluding diaryl/α,β-unsaturated/α-hetero) is 2. The minimum atomic E-state index is -0.892. The molecule has 23 heteroatoms. The average Bonchev–Trinajstić information content (AvgIpc) is 1.78. The van der Waals surface area contributed by atoms with Gasteiger partial charge >= 0.3 is 18.0 Å². The lowest BCUT2D eigenvalue weighted by Crippen LogP contribution is -2.36. The van der Waals surface area contributed by atoms with Gasteiger partial charge in [-0.25, -0.2) is 4.79 Å². The average molecular weight is 1250 g/mol. The van der Waals surface area contributed by atoms with Crippen LogP contribution in [0.4, 0.5) is 11.9 Å². The lowest BCUT2D eigenvalue weighted by atomic mass is 9.91. The number of carbonyl (C=O) groups excluding carboxylic acids is 3. The number of hydrogen-bond acceptors (Lipinski definition) is 19. The molecule has 1 amide bonds. The summed E-state index contributed by atoms with van der Waals surface area (Å²) in [6.45, 7) is 19.9. The van der Waals surface area contributed by atoms with Crippen LogP contribution in [0.3, 0.4) is 0 Å². The second kappa shape index (κ2) is 35.8. The molecule has 6 aromatic rings. The van der Waals surface area contributed by atoms with E-state index in [4.69, 9.17) is 34.5 Å². The molecule has 3 aliphatic heterocycles. The lowest BCUT2D eigenvalue weighted by molar-refractivity contribution is -0.131. The minimum absolute atomic E-state index is 0.0454. The Kier molecular flexibility index (Phi) is 27.8. The Labute approximate surface area is 538 Å². The number of aromatic nitrogens is 8. The molecule has 4 aromatic heterocycles. The zero-order valence-electron chi connectivity index (χ0n) is 55.7. The first-order valence-corrected chi connectivity index (χ1v) is 32.5. The highest BCUT2D eigenvalue weighted by Gasteiger charge is 2.25. The Hall–Kier alpha value is -7.70. The summed E-state index contributed by atoms with van der Waals surface area (Å²) in [6, 6.07) is 17.0. The van der Waals surface area contributed by atoms with Crippen molar-refractivity contribution in [1.29, 1.82) is 0 Å². The van der Waals surface area contributed by atoms with Gasteiger partial charge in [0.2, 0.25) is 17.8 Å². The molecule has 0 bridgehead atoms. The van der Waals surface area contributed by atoms with E-state index in [2.05, 4.69) is 89.9 Å². The number of amides is 1. The van der Waals surface area contributed by atoms with Crippen molar-refractivity contribution < 1.29 is 33.8 Å². The number of carboxylic acid groups (broad SMARTS) is 1.